The van der Waals surface area contributed by atoms with Crippen LogP contribution in [0.25, 0.3) is 0 Å². The van der Waals surface area contributed by atoms with Crippen molar-refractivity contribution in [3.05, 3.63) is 59.9 Å². The standard InChI is InChI=1S/C23H29N3O4/c1-17(2)12-25-13-20(30-16-18-7-6-8-19(11-18)29-3)14-26(15-22(25)27)23(28)21-9-4-5-10-24-21/h4-11,17,20H,12-16H2,1-3H3. The molecule has 1 atom stereocenters. The lowest BCUT2D eigenvalue weighted by Gasteiger charge is -2.26. The van der Waals surface area contributed by atoms with Crippen LogP contribution < -0.4 is 4.74 Å². The van der Waals surface area contributed by atoms with Gasteiger partial charge in [0.1, 0.15) is 18.0 Å². The molecule has 7 nitrogen and oxygen atoms in total. The van der Waals surface area contributed by atoms with Crippen LogP contribution in [-0.4, -0.2) is 66.0 Å². The van der Waals surface area contributed by atoms with Crippen molar-refractivity contribution in [3.8, 4) is 5.75 Å². The Labute approximate surface area is 177 Å². The van der Waals surface area contributed by atoms with Gasteiger partial charge in [-0.1, -0.05) is 32.0 Å². The third-order valence-corrected chi connectivity index (χ3v) is 4.90. The fraction of sp³-hybridized carbons (Fsp3) is 0.435. The van der Waals surface area contributed by atoms with Crippen molar-refractivity contribution in [2.45, 2.75) is 26.6 Å². The second-order valence-electron chi connectivity index (χ2n) is 7.88. The topological polar surface area (TPSA) is 72.0 Å². The van der Waals surface area contributed by atoms with Crippen LogP contribution >= 0.6 is 0 Å². The van der Waals surface area contributed by atoms with Crippen LogP contribution in [-0.2, 0) is 16.1 Å². The van der Waals surface area contributed by atoms with Crippen LogP contribution in [0.5, 0.6) is 5.75 Å². The maximum absolute atomic E-state index is 13.0. The Morgan fingerprint density at radius 1 is 1.20 bits per heavy atom. The van der Waals surface area contributed by atoms with Crippen molar-refractivity contribution < 1.29 is 19.1 Å². The van der Waals surface area contributed by atoms with Gasteiger partial charge in [-0.3, -0.25) is 14.6 Å². The summed E-state index contributed by atoms with van der Waals surface area (Å²) >= 11 is 0. The van der Waals surface area contributed by atoms with Gasteiger partial charge >= 0.3 is 0 Å². The lowest BCUT2D eigenvalue weighted by Crippen LogP contribution is -2.40. The summed E-state index contributed by atoms with van der Waals surface area (Å²) in [5, 5.41) is 0. The number of pyridine rings is 1. The third-order valence-electron chi connectivity index (χ3n) is 4.90. The minimum absolute atomic E-state index is 0.0289. The number of carbonyl (C=O) groups is 2. The summed E-state index contributed by atoms with van der Waals surface area (Å²) in [7, 11) is 1.63. The van der Waals surface area contributed by atoms with Gasteiger partial charge in [-0.15, -0.1) is 0 Å². The molecular formula is C23H29N3O4. The van der Waals surface area contributed by atoms with Crippen LogP contribution in [0.2, 0.25) is 0 Å². The Hall–Kier alpha value is -2.93. The number of amides is 2. The summed E-state index contributed by atoms with van der Waals surface area (Å²) in [6, 6.07) is 12.9. The lowest BCUT2D eigenvalue weighted by molar-refractivity contribution is -0.132. The van der Waals surface area contributed by atoms with Gasteiger partial charge in [0.05, 0.1) is 19.8 Å². The van der Waals surface area contributed by atoms with E-state index in [0.29, 0.717) is 37.9 Å². The number of benzene rings is 1. The zero-order chi connectivity index (χ0) is 21.5. The smallest absolute Gasteiger partial charge is 0.273 e. The predicted molar refractivity (Wildman–Crippen MR) is 113 cm³/mol. The van der Waals surface area contributed by atoms with Gasteiger partial charge < -0.3 is 19.3 Å². The van der Waals surface area contributed by atoms with E-state index in [1.54, 1.807) is 41.3 Å². The second-order valence-corrected chi connectivity index (χ2v) is 7.88. The highest BCUT2D eigenvalue weighted by Gasteiger charge is 2.32. The number of aromatic nitrogens is 1. The molecule has 0 bridgehead atoms. The molecule has 2 amide bonds. The minimum atomic E-state index is -0.297. The predicted octanol–water partition coefficient (Wildman–Crippen LogP) is 2.62. The van der Waals surface area contributed by atoms with Crippen LogP contribution in [0.3, 0.4) is 0 Å². The molecule has 3 rings (SSSR count). The summed E-state index contributed by atoms with van der Waals surface area (Å²) < 4.78 is 11.4. The normalized spacial score (nSPS) is 17.2. The van der Waals surface area contributed by atoms with Gasteiger partial charge in [0, 0.05) is 25.8 Å². The summed E-state index contributed by atoms with van der Waals surface area (Å²) in [5.74, 6) is 0.761. The van der Waals surface area contributed by atoms with E-state index in [1.165, 1.54) is 0 Å². The molecular weight excluding hydrogens is 382 g/mol. The van der Waals surface area contributed by atoms with Gasteiger partial charge in [0.2, 0.25) is 5.91 Å². The molecule has 0 saturated carbocycles. The van der Waals surface area contributed by atoms with E-state index < -0.39 is 0 Å². The number of nitrogens with zero attached hydrogens (tertiary/aromatic N) is 3. The first kappa shape index (κ1) is 21.8. The molecule has 7 heteroatoms. The van der Waals surface area contributed by atoms with Gasteiger partial charge in [0.15, 0.2) is 0 Å². The van der Waals surface area contributed by atoms with Crippen LogP contribution in [0.15, 0.2) is 48.7 Å². The number of methoxy groups -OCH3 is 1. The third kappa shape index (κ3) is 5.79. The number of ether oxygens (including phenoxy) is 2. The molecule has 0 radical (unpaired) electrons. The van der Waals surface area contributed by atoms with Gasteiger partial charge in [0.25, 0.3) is 5.91 Å². The van der Waals surface area contributed by atoms with Crippen LogP contribution in [0.4, 0.5) is 0 Å². The first-order valence-electron chi connectivity index (χ1n) is 10.2. The highest BCUT2D eigenvalue weighted by molar-refractivity contribution is 5.95. The van der Waals surface area contributed by atoms with E-state index in [-0.39, 0.29) is 24.5 Å². The van der Waals surface area contributed by atoms with Gasteiger partial charge in [-0.05, 0) is 35.7 Å². The summed E-state index contributed by atoms with van der Waals surface area (Å²) in [4.78, 5) is 33.3. The Morgan fingerprint density at radius 2 is 2.03 bits per heavy atom. The SMILES string of the molecule is COc1cccc(COC2CN(CC(C)C)C(=O)CN(C(=O)c3ccccn3)C2)c1. The van der Waals surface area contributed by atoms with Crippen molar-refractivity contribution in [1.29, 1.82) is 0 Å². The van der Waals surface area contributed by atoms with Crippen molar-refractivity contribution in [1.82, 2.24) is 14.8 Å². The van der Waals surface area contributed by atoms with Crippen LogP contribution in [0.1, 0.15) is 29.9 Å². The van der Waals surface area contributed by atoms with E-state index in [0.717, 1.165) is 11.3 Å². The maximum Gasteiger partial charge on any atom is 0.273 e. The molecule has 1 aromatic heterocycles. The Balaban J connectivity index is 1.76. The van der Waals surface area contributed by atoms with Crippen LogP contribution in [0, 0.1) is 5.92 Å². The largest absolute Gasteiger partial charge is 0.497 e. The summed E-state index contributed by atoms with van der Waals surface area (Å²) in [6.07, 6.45) is 1.28. The fourth-order valence-electron chi connectivity index (χ4n) is 3.48. The number of hydrogen-bond acceptors (Lipinski definition) is 5. The number of hydrogen-bond donors (Lipinski definition) is 0. The first-order valence-corrected chi connectivity index (χ1v) is 10.2. The molecule has 1 saturated heterocycles. The minimum Gasteiger partial charge on any atom is -0.497 e. The molecule has 1 unspecified atom stereocenters. The van der Waals surface area contributed by atoms with E-state index in [1.807, 2.05) is 24.3 Å². The zero-order valence-electron chi connectivity index (χ0n) is 17.8. The van der Waals surface area contributed by atoms with Crippen molar-refractivity contribution in [3.63, 3.8) is 0 Å². The molecule has 0 aliphatic carbocycles. The fourth-order valence-corrected chi connectivity index (χ4v) is 3.48. The molecule has 2 aromatic rings. The molecule has 30 heavy (non-hydrogen) atoms. The molecule has 160 valence electrons. The molecule has 1 aliphatic rings. The van der Waals surface area contributed by atoms with Crippen molar-refractivity contribution >= 4 is 11.8 Å². The van der Waals surface area contributed by atoms with Gasteiger partial charge in [-0.2, -0.15) is 0 Å². The summed E-state index contributed by atoms with van der Waals surface area (Å²) in [6.45, 7) is 5.96. The maximum atomic E-state index is 13.0. The Morgan fingerprint density at radius 3 is 2.73 bits per heavy atom. The monoisotopic (exact) mass is 411 g/mol. The molecule has 2 heterocycles. The highest BCUT2D eigenvalue weighted by Crippen LogP contribution is 2.17. The van der Waals surface area contributed by atoms with Crippen molar-refractivity contribution in [2.75, 3.05) is 33.3 Å². The molecule has 0 spiro atoms. The highest BCUT2D eigenvalue weighted by atomic mass is 16.5. The van der Waals surface area contributed by atoms with E-state index in [4.69, 9.17) is 9.47 Å². The Bertz CT molecular complexity index is 857. The first-order chi connectivity index (χ1) is 14.5. The number of carbonyl (C=O) groups excluding carboxylic acids is 2. The molecule has 1 aromatic carbocycles. The molecule has 0 N–H and O–H groups in total. The second kappa shape index (κ2) is 10.2. The average Bonchev–Trinajstić information content (AvgIpc) is 2.91. The number of rotatable bonds is 7. The average molecular weight is 412 g/mol. The van der Waals surface area contributed by atoms with E-state index >= 15 is 0 Å². The Kier molecular flexibility index (Phi) is 7.41. The molecule has 1 fully saturated rings. The quantitative estimate of drug-likeness (QED) is 0.700. The van der Waals surface area contributed by atoms with E-state index in [9.17, 15) is 9.59 Å². The lowest BCUT2D eigenvalue weighted by atomic mass is 10.2. The van der Waals surface area contributed by atoms with Gasteiger partial charge in [-0.25, -0.2) is 0 Å². The summed E-state index contributed by atoms with van der Waals surface area (Å²) in [5.41, 5.74) is 1.30. The van der Waals surface area contributed by atoms with Crippen molar-refractivity contribution in [2.24, 2.45) is 5.92 Å². The zero-order valence-corrected chi connectivity index (χ0v) is 17.8. The van der Waals surface area contributed by atoms with E-state index in [2.05, 4.69) is 18.8 Å². The molecule has 1 aliphatic heterocycles.